The van der Waals surface area contributed by atoms with E-state index in [-0.39, 0.29) is 6.10 Å². The number of hydrogen-bond acceptors (Lipinski definition) is 1. The first-order valence-electron chi connectivity index (χ1n) is 5.75. The van der Waals surface area contributed by atoms with Crippen LogP contribution >= 0.6 is 0 Å². The Kier molecular flexibility index (Phi) is 2.18. The molecule has 0 radical (unpaired) electrons. The summed E-state index contributed by atoms with van der Waals surface area (Å²) in [5.41, 5.74) is 0.401. The van der Waals surface area contributed by atoms with Crippen molar-refractivity contribution in [2.75, 3.05) is 0 Å². The fourth-order valence-electron chi connectivity index (χ4n) is 3.96. The van der Waals surface area contributed by atoms with Crippen molar-refractivity contribution in [3.05, 3.63) is 0 Å². The third-order valence-corrected chi connectivity index (χ3v) is 4.73. The molecule has 2 saturated carbocycles. The van der Waals surface area contributed by atoms with Gasteiger partial charge in [0.05, 0.1) is 6.10 Å². The highest BCUT2D eigenvalue weighted by Gasteiger charge is 2.54. The number of rotatable bonds is 2. The molecule has 1 N–H and O–H groups in total. The van der Waals surface area contributed by atoms with Crippen LogP contribution in [-0.4, -0.2) is 11.2 Å². The number of aliphatic hydroxyl groups excluding tert-OH is 1. The average Bonchev–Trinajstić information content (AvgIpc) is 2.60. The molecule has 4 atom stereocenters. The van der Waals surface area contributed by atoms with E-state index in [4.69, 9.17) is 0 Å². The topological polar surface area (TPSA) is 20.2 Å². The maximum Gasteiger partial charge on any atom is 0.0573 e. The summed E-state index contributed by atoms with van der Waals surface area (Å²) in [7, 11) is 0. The lowest BCUT2D eigenvalue weighted by molar-refractivity contribution is -0.00394. The number of fused-ring (bicyclic) bond motifs is 2. The Balaban J connectivity index is 2.18. The van der Waals surface area contributed by atoms with Crippen LogP contribution in [0, 0.1) is 23.2 Å². The highest BCUT2D eigenvalue weighted by Crippen LogP contribution is 2.60. The lowest BCUT2D eigenvalue weighted by Crippen LogP contribution is -2.38. The molecule has 2 fully saturated rings. The maximum absolute atomic E-state index is 10.0. The van der Waals surface area contributed by atoms with Gasteiger partial charge in [-0.1, -0.05) is 20.8 Å². The highest BCUT2D eigenvalue weighted by atomic mass is 16.3. The third kappa shape index (κ3) is 1.24. The van der Waals surface area contributed by atoms with Gasteiger partial charge in [0.1, 0.15) is 0 Å². The molecule has 76 valence electrons. The molecule has 0 unspecified atom stereocenters. The molecule has 2 aliphatic carbocycles. The van der Waals surface area contributed by atoms with Crippen LogP contribution in [0.1, 0.15) is 46.5 Å². The van der Waals surface area contributed by atoms with Gasteiger partial charge >= 0.3 is 0 Å². The minimum atomic E-state index is -0.0506. The SMILES string of the molecule is CC[C@H](O)[C@H]1[C@H]2CC[C@@H](C2)C1(C)C. The van der Waals surface area contributed by atoms with Crippen molar-refractivity contribution in [2.45, 2.75) is 52.6 Å². The third-order valence-electron chi connectivity index (χ3n) is 4.73. The molecule has 0 amide bonds. The van der Waals surface area contributed by atoms with Gasteiger partial charge in [-0.2, -0.15) is 0 Å². The molecular weight excluding hydrogens is 160 g/mol. The second-order valence-corrected chi connectivity index (χ2v) is 5.59. The van der Waals surface area contributed by atoms with Crippen molar-refractivity contribution >= 4 is 0 Å². The lowest BCUT2D eigenvalue weighted by Gasteiger charge is -2.40. The van der Waals surface area contributed by atoms with Gasteiger partial charge in [-0.05, 0) is 48.9 Å². The van der Waals surface area contributed by atoms with Gasteiger partial charge in [-0.3, -0.25) is 0 Å². The van der Waals surface area contributed by atoms with E-state index in [1.54, 1.807) is 0 Å². The molecule has 2 bridgehead atoms. The van der Waals surface area contributed by atoms with E-state index < -0.39 is 0 Å². The van der Waals surface area contributed by atoms with Crippen LogP contribution in [0.2, 0.25) is 0 Å². The largest absolute Gasteiger partial charge is 0.393 e. The molecule has 2 rings (SSSR count). The molecule has 13 heavy (non-hydrogen) atoms. The van der Waals surface area contributed by atoms with Gasteiger partial charge in [0.2, 0.25) is 0 Å². The summed E-state index contributed by atoms with van der Waals surface area (Å²) < 4.78 is 0. The molecule has 0 aromatic carbocycles. The summed E-state index contributed by atoms with van der Waals surface area (Å²) in [6.45, 7) is 6.83. The van der Waals surface area contributed by atoms with Crippen molar-refractivity contribution in [2.24, 2.45) is 23.2 Å². The van der Waals surface area contributed by atoms with E-state index in [1.165, 1.54) is 19.3 Å². The van der Waals surface area contributed by atoms with Gasteiger partial charge in [0, 0.05) is 0 Å². The summed E-state index contributed by atoms with van der Waals surface area (Å²) >= 11 is 0. The van der Waals surface area contributed by atoms with Gasteiger partial charge in [-0.25, -0.2) is 0 Å². The summed E-state index contributed by atoms with van der Waals surface area (Å²) in [5, 5.41) is 10.0. The predicted molar refractivity (Wildman–Crippen MR) is 54.4 cm³/mol. The quantitative estimate of drug-likeness (QED) is 0.696. The Morgan fingerprint density at radius 3 is 2.54 bits per heavy atom. The summed E-state index contributed by atoms with van der Waals surface area (Å²) in [6, 6.07) is 0. The molecule has 2 aliphatic rings. The zero-order chi connectivity index (χ0) is 9.64. The van der Waals surface area contributed by atoms with Crippen molar-refractivity contribution < 1.29 is 5.11 Å². The predicted octanol–water partition coefficient (Wildman–Crippen LogP) is 2.83. The van der Waals surface area contributed by atoms with E-state index in [9.17, 15) is 5.11 Å². The van der Waals surface area contributed by atoms with Crippen LogP contribution in [0.4, 0.5) is 0 Å². The van der Waals surface area contributed by atoms with Crippen LogP contribution in [-0.2, 0) is 0 Å². The Bertz CT molecular complexity index is 197. The minimum absolute atomic E-state index is 0.0506. The monoisotopic (exact) mass is 182 g/mol. The van der Waals surface area contributed by atoms with Crippen LogP contribution in [0.3, 0.4) is 0 Å². The second kappa shape index (κ2) is 2.98. The first kappa shape index (κ1) is 9.51. The van der Waals surface area contributed by atoms with E-state index in [0.29, 0.717) is 11.3 Å². The molecule has 0 aromatic rings. The maximum atomic E-state index is 10.0. The van der Waals surface area contributed by atoms with Gasteiger partial charge in [0.15, 0.2) is 0 Å². The Morgan fingerprint density at radius 2 is 2.08 bits per heavy atom. The van der Waals surface area contributed by atoms with Crippen LogP contribution < -0.4 is 0 Å². The van der Waals surface area contributed by atoms with Gasteiger partial charge in [0.25, 0.3) is 0 Å². The Hall–Kier alpha value is -0.0400. The van der Waals surface area contributed by atoms with Crippen LogP contribution in [0.25, 0.3) is 0 Å². The molecular formula is C12H22O. The number of aliphatic hydroxyl groups is 1. The smallest absolute Gasteiger partial charge is 0.0573 e. The molecule has 0 saturated heterocycles. The highest BCUT2D eigenvalue weighted by molar-refractivity contribution is 5.03. The van der Waals surface area contributed by atoms with E-state index in [0.717, 1.165) is 18.3 Å². The number of hydrogen-bond donors (Lipinski definition) is 1. The van der Waals surface area contributed by atoms with Crippen molar-refractivity contribution in [3.63, 3.8) is 0 Å². The molecule has 1 heteroatoms. The minimum Gasteiger partial charge on any atom is -0.393 e. The molecule has 0 heterocycles. The van der Waals surface area contributed by atoms with Crippen molar-refractivity contribution in [3.8, 4) is 0 Å². The first-order valence-corrected chi connectivity index (χ1v) is 5.75. The molecule has 1 nitrogen and oxygen atoms in total. The van der Waals surface area contributed by atoms with E-state index >= 15 is 0 Å². The fraction of sp³-hybridized carbons (Fsp3) is 1.00. The lowest BCUT2D eigenvalue weighted by atomic mass is 9.66. The van der Waals surface area contributed by atoms with E-state index in [1.807, 2.05) is 0 Å². The average molecular weight is 182 g/mol. The second-order valence-electron chi connectivity index (χ2n) is 5.59. The van der Waals surface area contributed by atoms with Crippen molar-refractivity contribution in [1.29, 1.82) is 0 Å². The van der Waals surface area contributed by atoms with E-state index in [2.05, 4.69) is 20.8 Å². The normalized spacial score (nSPS) is 43.8. The fourth-order valence-corrected chi connectivity index (χ4v) is 3.96. The molecule has 0 spiro atoms. The van der Waals surface area contributed by atoms with Gasteiger partial charge < -0.3 is 5.11 Å². The molecule has 0 aromatic heterocycles. The van der Waals surface area contributed by atoms with Crippen LogP contribution in [0.5, 0.6) is 0 Å². The first-order chi connectivity index (χ1) is 6.07. The summed E-state index contributed by atoms with van der Waals surface area (Å²) in [5.74, 6) is 2.30. The Labute approximate surface area is 81.5 Å². The summed E-state index contributed by atoms with van der Waals surface area (Å²) in [4.78, 5) is 0. The summed E-state index contributed by atoms with van der Waals surface area (Å²) in [6.07, 6.45) is 5.04. The zero-order valence-corrected chi connectivity index (χ0v) is 9.09. The van der Waals surface area contributed by atoms with Crippen LogP contribution in [0.15, 0.2) is 0 Å². The Morgan fingerprint density at radius 1 is 1.38 bits per heavy atom. The standard InChI is InChI=1S/C12H22O/c1-4-10(13)11-8-5-6-9(7-8)12(11,2)3/h8-11,13H,4-7H2,1-3H3/t8-,9-,10-,11+/m0/s1. The van der Waals surface area contributed by atoms with Crippen molar-refractivity contribution in [1.82, 2.24) is 0 Å². The van der Waals surface area contributed by atoms with Gasteiger partial charge in [-0.15, -0.1) is 0 Å². The zero-order valence-electron chi connectivity index (χ0n) is 9.09. The molecule has 0 aliphatic heterocycles.